The van der Waals surface area contributed by atoms with Gasteiger partial charge in [-0.1, -0.05) is 24.3 Å². The molecule has 0 spiro atoms. The summed E-state index contributed by atoms with van der Waals surface area (Å²) < 4.78 is 0. The Kier molecular flexibility index (Phi) is 4.87. The standard InChI is InChI=1S/C14H17N3S2/c1-3-15-14(18)16-8-11-4-6-12(7-5-11)13-9-19-10(2)17-13/h4-7,9H,3,8H2,1-2H3,(H2,15,16,18). The summed E-state index contributed by atoms with van der Waals surface area (Å²) in [6.45, 7) is 5.63. The molecule has 0 unspecified atom stereocenters. The minimum Gasteiger partial charge on any atom is -0.363 e. The summed E-state index contributed by atoms with van der Waals surface area (Å²) in [6, 6.07) is 8.40. The van der Waals surface area contributed by atoms with E-state index in [2.05, 4.69) is 45.3 Å². The van der Waals surface area contributed by atoms with Crippen molar-refractivity contribution in [2.24, 2.45) is 0 Å². The number of hydrogen-bond donors (Lipinski definition) is 2. The quantitative estimate of drug-likeness (QED) is 0.849. The van der Waals surface area contributed by atoms with Crippen molar-refractivity contribution in [3.8, 4) is 11.3 Å². The molecule has 0 fully saturated rings. The number of thiazole rings is 1. The van der Waals surface area contributed by atoms with Gasteiger partial charge in [0, 0.05) is 24.0 Å². The SMILES string of the molecule is CCNC(=S)NCc1ccc(-c2csc(C)n2)cc1. The molecule has 0 aliphatic carbocycles. The molecular weight excluding hydrogens is 274 g/mol. The normalized spacial score (nSPS) is 10.2. The van der Waals surface area contributed by atoms with E-state index in [-0.39, 0.29) is 0 Å². The van der Waals surface area contributed by atoms with Crippen LogP contribution in [0.15, 0.2) is 29.6 Å². The van der Waals surface area contributed by atoms with Crippen molar-refractivity contribution >= 4 is 28.7 Å². The third kappa shape index (κ3) is 4.01. The van der Waals surface area contributed by atoms with E-state index in [9.17, 15) is 0 Å². The van der Waals surface area contributed by atoms with Crippen LogP contribution in [-0.4, -0.2) is 16.6 Å². The average Bonchev–Trinajstić information content (AvgIpc) is 2.84. The molecule has 0 aliphatic heterocycles. The maximum absolute atomic E-state index is 5.13. The van der Waals surface area contributed by atoms with E-state index in [0.29, 0.717) is 5.11 Å². The Morgan fingerprint density at radius 3 is 2.58 bits per heavy atom. The van der Waals surface area contributed by atoms with Gasteiger partial charge in [0.25, 0.3) is 0 Å². The number of rotatable bonds is 4. The highest BCUT2D eigenvalue weighted by molar-refractivity contribution is 7.80. The highest BCUT2D eigenvalue weighted by Gasteiger charge is 2.02. The van der Waals surface area contributed by atoms with Gasteiger partial charge in [0.05, 0.1) is 10.7 Å². The van der Waals surface area contributed by atoms with Gasteiger partial charge in [-0.05, 0) is 31.6 Å². The topological polar surface area (TPSA) is 37.0 Å². The van der Waals surface area contributed by atoms with Crippen molar-refractivity contribution in [2.75, 3.05) is 6.54 Å². The van der Waals surface area contributed by atoms with Crippen LogP contribution in [0.25, 0.3) is 11.3 Å². The summed E-state index contributed by atoms with van der Waals surface area (Å²) in [4.78, 5) is 4.48. The lowest BCUT2D eigenvalue weighted by molar-refractivity contribution is 0.854. The Bertz CT molecular complexity index is 546. The van der Waals surface area contributed by atoms with Gasteiger partial charge in [0.1, 0.15) is 0 Å². The lowest BCUT2D eigenvalue weighted by Gasteiger charge is -2.08. The van der Waals surface area contributed by atoms with Crippen molar-refractivity contribution < 1.29 is 0 Å². The average molecular weight is 291 g/mol. The Morgan fingerprint density at radius 2 is 2.00 bits per heavy atom. The number of benzene rings is 1. The second-order valence-corrected chi connectivity index (χ2v) is 5.63. The van der Waals surface area contributed by atoms with E-state index >= 15 is 0 Å². The number of nitrogens with zero attached hydrogens (tertiary/aromatic N) is 1. The van der Waals surface area contributed by atoms with Gasteiger partial charge < -0.3 is 10.6 Å². The first-order valence-corrected chi connectivity index (χ1v) is 7.51. The second kappa shape index (κ2) is 6.63. The maximum atomic E-state index is 5.13. The van der Waals surface area contributed by atoms with Gasteiger partial charge in [0.15, 0.2) is 5.11 Å². The van der Waals surface area contributed by atoms with Gasteiger partial charge in [-0.2, -0.15) is 0 Å². The Balaban J connectivity index is 1.97. The molecule has 0 amide bonds. The van der Waals surface area contributed by atoms with Gasteiger partial charge >= 0.3 is 0 Å². The van der Waals surface area contributed by atoms with Crippen LogP contribution >= 0.6 is 23.6 Å². The molecule has 1 heterocycles. The molecule has 0 saturated heterocycles. The van der Waals surface area contributed by atoms with Gasteiger partial charge in [0.2, 0.25) is 0 Å². The molecule has 0 saturated carbocycles. The number of aromatic nitrogens is 1. The summed E-state index contributed by atoms with van der Waals surface area (Å²) in [7, 11) is 0. The van der Waals surface area contributed by atoms with Crippen molar-refractivity contribution in [1.82, 2.24) is 15.6 Å². The predicted molar refractivity (Wildman–Crippen MR) is 85.4 cm³/mol. The number of nitrogens with one attached hydrogen (secondary N) is 2. The van der Waals surface area contributed by atoms with Crippen molar-refractivity contribution in [3.05, 3.63) is 40.2 Å². The molecule has 19 heavy (non-hydrogen) atoms. The summed E-state index contributed by atoms with van der Waals surface area (Å²) >= 11 is 6.80. The fourth-order valence-corrected chi connectivity index (χ4v) is 2.53. The first-order chi connectivity index (χ1) is 9.19. The van der Waals surface area contributed by atoms with Crippen LogP contribution in [0.1, 0.15) is 17.5 Å². The van der Waals surface area contributed by atoms with Crippen LogP contribution in [0, 0.1) is 6.92 Å². The zero-order valence-corrected chi connectivity index (χ0v) is 12.7. The molecule has 5 heteroatoms. The van der Waals surface area contributed by atoms with Crippen molar-refractivity contribution in [3.63, 3.8) is 0 Å². The van der Waals surface area contributed by atoms with Gasteiger partial charge in [-0.3, -0.25) is 0 Å². The molecule has 2 aromatic rings. The molecule has 2 N–H and O–H groups in total. The number of hydrogen-bond acceptors (Lipinski definition) is 3. The highest BCUT2D eigenvalue weighted by atomic mass is 32.1. The molecule has 100 valence electrons. The van der Waals surface area contributed by atoms with Crippen LogP contribution < -0.4 is 10.6 Å². The maximum Gasteiger partial charge on any atom is 0.166 e. The Morgan fingerprint density at radius 1 is 1.26 bits per heavy atom. The van der Waals surface area contributed by atoms with E-state index < -0.39 is 0 Å². The summed E-state index contributed by atoms with van der Waals surface area (Å²) in [6.07, 6.45) is 0. The smallest absolute Gasteiger partial charge is 0.166 e. The minimum atomic E-state index is 0.696. The monoisotopic (exact) mass is 291 g/mol. The van der Waals surface area contributed by atoms with Crippen molar-refractivity contribution in [2.45, 2.75) is 20.4 Å². The van der Waals surface area contributed by atoms with Crippen LogP contribution in [0.2, 0.25) is 0 Å². The van der Waals surface area contributed by atoms with E-state index in [1.165, 1.54) is 5.56 Å². The van der Waals surface area contributed by atoms with E-state index in [1.807, 2.05) is 13.8 Å². The molecule has 0 aliphatic rings. The Labute approximate surface area is 123 Å². The molecule has 0 bridgehead atoms. The third-order valence-corrected chi connectivity index (χ3v) is 3.72. The fourth-order valence-electron chi connectivity index (χ4n) is 1.69. The number of thiocarbonyl (C=S) groups is 1. The number of aryl methyl sites for hydroxylation is 1. The van der Waals surface area contributed by atoms with E-state index in [4.69, 9.17) is 12.2 Å². The lowest BCUT2D eigenvalue weighted by atomic mass is 10.1. The first-order valence-electron chi connectivity index (χ1n) is 6.22. The highest BCUT2D eigenvalue weighted by Crippen LogP contribution is 2.21. The summed E-state index contributed by atoms with van der Waals surface area (Å²) in [5.74, 6) is 0. The fraction of sp³-hybridized carbons (Fsp3) is 0.286. The van der Waals surface area contributed by atoms with Gasteiger partial charge in [-0.15, -0.1) is 11.3 Å². The first kappa shape index (κ1) is 14.0. The van der Waals surface area contributed by atoms with Crippen LogP contribution in [0.3, 0.4) is 0 Å². The van der Waals surface area contributed by atoms with E-state index in [1.54, 1.807) is 11.3 Å². The molecule has 2 rings (SSSR count). The molecule has 0 radical (unpaired) electrons. The minimum absolute atomic E-state index is 0.696. The zero-order valence-electron chi connectivity index (χ0n) is 11.1. The Hall–Kier alpha value is -1.46. The third-order valence-electron chi connectivity index (χ3n) is 2.66. The molecule has 1 aromatic carbocycles. The molecule has 3 nitrogen and oxygen atoms in total. The predicted octanol–water partition coefficient (Wildman–Crippen LogP) is 3.10. The molecule has 1 aromatic heterocycles. The summed E-state index contributed by atoms with van der Waals surface area (Å²) in [5, 5.41) is 10.1. The summed E-state index contributed by atoms with van der Waals surface area (Å²) in [5.41, 5.74) is 3.41. The lowest BCUT2D eigenvalue weighted by Crippen LogP contribution is -2.34. The van der Waals surface area contributed by atoms with Crippen molar-refractivity contribution in [1.29, 1.82) is 0 Å². The van der Waals surface area contributed by atoms with Crippen LogP contribution in [0.4, 0.5) is 0 Å². The van der Waals surface area contributed by atoms with Crippen LogP contribution in [0.5, 0.6) is 0 Å². The van der Waals surface area contributed by atoms with Gasteiger partial charge in [-0.25, -0.2) is 4.98 Å². The molecule has 0 atom stereocenters. The largest absolute Gasteiger partial charge is 0.363 e. The second-order valence-electron chi connectivity index (χ2n) is 4.16. The van der Waals surface area contributed by atoms with E-state index in [0.717, 1.165) is 29.4 Å². The zero-order chi connectivity index (χ0) is 13.7. The van der Waals surface area contributed by atoms with Crippen LogP contribution in [-0.2, 0) is 6.54 Å². The molecular formula is C14H17N3S2.